The molecule has 1 aliphatic rings. The Hall–Kier alpha value is -0.850. The van der Waals surface area contributed by atoms with Gasteiger partial charge in [0.05, 0.1) is 0 Å². The maximum atomic E-state index is 11.3. The van der Waals surface area contributed by atoms with Gasteiger partial charge in [0.25, 0.3) is 0 Å². The molecule has 0 amide bonds. The lowest BCUT2D eigenvalue weighted by Gasteiger charge is -2.07. The lowest BCUT2D eigenvalue weighted by Crippen LogP contribution is -2.09. The molecule has 0 N–H and O–H groups in total. The minimum absolute atomic E-state index is 0.214. The maximum absolute atomic E-state index is 11.3. The van der Waals surface area contributed by atoms with Crippen LogP contribution in [0, 0.1) is 5.92 Å². The highest BCUT2D eigenvalue weighted by atomic mass is 16.1. The predicted octanol–water partition coefficient (Wildman–Crippen LogP) is 2.49. The van der Waals surface area contributed by atoms with E-state index in [0.29, 0.717) is 0 Å². The van der Waals surface area contributed by atoms with Crippen molar-refractivity contribution in [2.45, 2.75) is 25.7 Å². The van der Waals surface area contributed by atoms with Crippen LogP contribution < -0.4 is 0 Å². The third kappa shape index (κ3) is 2.34. The Kier molecular flexibility index (Phi) is 3.09. The van der Waals surface area contributed by atoms with Crippen LogP contribution in [0.3, 0.4) is 0 Å². The van der Waals surface area contributed by atoms with Crippen molar-refractivity contribution in [2.75, 3.05) is 0 Å². The Morgan fingerprint density at radius 3 is 3.27 bits per heavy atom. The van der Waals surface area contributed by atoms with E-state index >= 15 is 0 Å². The SMILES string of the molecule is C=CC[C@H]1CCCC=CC1=O. The van der Waals surface area contributed by atoms with Gasteiger partial charge < -0.3 is 0 Å². The molecule has 0 saturated carbocycles. The van der Waals surface area contributed by atoms with Gasteiger partial charge in [-0.3, -0.25) is 4.79 Å². The number of allylic oxidation sites excluding steroid dienone is 3. The molecule has 1 atom stereocenters. The van der Waals surface area contributed by atoms with E-state index < -0.39 is 0 Å². The number of hydrogen-bond acceptors (Lipinski definition) is 1. The summed E-state index contributed by atoms with van der Waals surface area (Å²) in [7, 11) is 0. The summed E-state index contributed by atoms with van der Waals surface area (Å²) in [5.74, 6) is 0.494. The van der Waals surface area contributed by atoms with Crippen molar-refractivity contribution in [3.63, 3.8) is 0 Å². The molecule has 0 saturated heterocycles. The Morgan fingerprint density at radius 2 is 2.55 bits per heavy atom. The molecule has 0 aromatic rings. The van der Waals surface area contributed by atoms with Gasteiger partial charge >= 0.3 is 0 Å². The number of carbonyl (C=O) groups excluding carboxylic acids is 1. The molecule has 1 rings (SSSR count). The summed E-state index contributed by atoms with van der Waals surface area (Å²) in [4.78, 5) is 11.3. The highest BCUT2D eigenvalue weighted by Gasteiger charge is 2.15. The van der Waals surface area contributed by atoms with Gasteiger partial charge in [-0.1, -0.05) is 12.2 Å². The lowest BCUT2D eigenvalue weighted by molar-refractivity contribution is -0.118. The second kappa shape index (κ2) is 4.12. The molecule has 11 heavy (non-hydrogen) atoms. The van der Waals surface area contributed by atoms with Gasteiger partial charge in [0.1, 0.15) is 0 Å². The Morgan fingerprint density at radius 1 is 1.73 bits per heavy atom. The van der Waals surface area contributed by atoms with E-state index in [-0.39, 0.29) is 11.7 Å². The zero-order valence-electron chi connectivity index (χ0n) is 6.75. The van der Waals surface area contributed by atoms with Gasteiger partial charge in [-0.05, 0) is 31.8 Å². The first-order valence-corrected chi connectivity index (χ1v) is 4.16. The zero-order valence-corrected chi connectivity index (χ0v) is 6.75. The predicted molar refractivity (Wildman–Crippen MR) is 46.3 cm³/mol. The van der Waals surface area contributed by atoms with Gasteiger partial charge in [0.2, 0.25) is 0 Å². The van der Waals surface area contributed by atoms with Crippen LogP contribution in [0.25, 0.3) is 0 Å². The summed E-state index contributed by atoms with van der Waals surface area (Å²) in [5.41, 5.74) is 0. The molecule has 0 aromatic carbocycles. The summed E-state index contributed by atoms with van der Waals surface area (Å²) in [5, 5.41) is 0. The van der Waals surface area contributed by atoms with Crippen LogP contribution in [-0.4, -0.2) is 5.78 Å². The summed E-state index contributed by atoms with van der Waals surface area (Å²) < 4.78 is 0. The molecular weight excluding hydrogens is 136 g/mol. The maximum Gasteiger partial charge on any atom is 0.158 e. The molecule has 0 fully saturated rings. The molecule has 0 unspecified atom stereocenters. The summed E-state index contributed by atoms with van der Waals surface area (Å²) >= 11 is 0. The highest BCUT2D eigenvalue weighted by molar-refractivity contribution is 5.91. The lowest BCUT2D eigenvalue weighted by atomic mass is 9.96. The van der Waals surface area contributed by atoms with Crippen LogP contribution in [0.1, 0.15) is 25.7 Å². The normalized spacial score (nSPS) is 24.7. The van der Waals surface area contributed by atoms with Crippen molar-refractivity contribution in [3.8, 4) is 0 Å². The van der Waals surface area contributed by atoms with E-state index in [1.165, 1.54) is 0 Å². The van der Waals surface area contributed by atoms with Gasteiger partial charge in [-0.25, -0.2) is 0 Å². The van der Waals surface area contributed by atoms with E-state index in [9.17, 15) is 4.79 Å². The topological polar surface area (TPSA) is 17.1 Å². The van der Waals surface area contributed by atoms with E-state index in [2.05, 4.69) is 6.58 Å². The van der Waals surface area contributed by atoms with Gasteiger partial charge in [-0.2, -0.15) is 0 Å². The van der Waals surface area contributed by atoms with E-state index in [4.69, 9.17) is 0 Å². The average molecular weight is 150 g/mol. The second-order valence-electron chi connectivity index (χ2n) is 2.96. The molecule has 0 aromatic heterocycles. The van der Waals surface area contributed by atoms with E-state index in [0.717, 1.165) is 25.7 Å². The third-order valence-electron chi connectivity index (χ3n) is 2.06. The monoisotopic (exact) mass is 150 g/mol. The quantitative estimate of drug-likeness (QED) is 0.553. The largest absolute Gasteiger partial charge is 0.295 e. The molecule has 1 nitrogen and oxygen atoms in total. The molecule has 0 spiro atoms. The molecule has 0 bridgehead atoms. The smallest absolute Gasteiger partial charge is 0.158 e. The fourth-order valence-corrected chi connectivity index (χ4v) is 1.40. The minimum atomic E-state index is 0.214. The zero-order chi connectivity index (χ0) is 8.10. The Labute approximate surface area is 67.8 Å². The summed E-state index contributed by atoms with van der Waals surface area (Å²) in [6.07, 6.45) is 9.59. The van der Waals surface area contributed by atoms with Gasteiger partial charge in [0.15, 0.2) is 5.78 Å². The third-order valence-corrected chi connectivity index (χ3v) is 2.06. The van der Waals surface area contributed by atoms with Crippen LogP contribution in [0.2, 0.25) is 0 Å². The first-order valence-electron chi connectivity index (χ1n) is 4.16. The van der Waals surface area contributed by atoms with E-state index in [1.807, 2.05) is 12.2 Å². The molecule has 1 aliphatic carbocycles. The standard InChI is InChI=1S/C10H14O/c1-2-6-9-7-4-3-5-8-10(9)11/h2,5,8-9H,1,3-4,6-7H2/t9-/m0/s1. The van der Waals surface area contributed by atoms with Crippen molar-refractivity contribution >= 4 is 5.78 Å². The summed E-state index contributed by atoms with van der Waals surface area (Å²) in [6, 6.07) is 0. The molecule has 60 valence electrons. The van der Waals surface area contributed by atoms with Crippen molar-refractivity contribution in [2.24, 2.45) is 5.92 Å². The van der Waals surface area contributed by atoms with Crippen molar-refractivity contribution in [1.29, 1.82) is 0 Å². The molecular formula is C10H14O. The molecule has 1 heteroatoms. The van der Waals surface area contributed by atoms with Crippen molar-refractivity contribution in [3.05, 3.63) is 24.8 Å². The van der Waals surface area contributed by atoms with Gasteiger partial charge in [0, 0.05) is 5.92 Å². The van der Waals surface area contributed by atoms with Crippen LogP contribution in [0.15, 0.2) is 24.8 Å². The molecule has 0 aliphatic heterocycles. The van der Waals surface area contributed by atoms with Crippen LogP contribution >= 0.6 is 0 Å². The van der Waals surface area contributed by atoms with E-state index in [1.54, 1.807) is 6.08 Å². The minimum Gasteiger partial charge on any atom is -0.295 e. The van der Waals surface area contributed by atoms with Crippen LogP contribution in [-0.2, 0) is 4.79 Å². The van der Waals surface area contributed by atoms with Crippen LogP contribution in [0.5, 0.6) is 0 Å². The Balaban J connectivity index is 2.54. The fourth-order valence-electron chi connectivity index (χ4n) is 1.40. The van der Waals surface area contributed by atoms with Crippen molar-refractivity contribution in [1.82, 2.24) is 0 Å². The Bertz CT molecular complexity index is 179. The molecule has 0 heterocycles. The molecule has 0 radical (unpaired) electrons. The first-order chi connectivity index (χ1) is 5.34. The number of carbonyl (C=O) groups is 1. The number of hydrogen-bond donors (Lipinski definition) is 0. The van der Waals surface area contributed by atoms with Crippen molar-refractivity contribution < 1.29 is 4.79 Å². The average Bonchev–Trinajstić information content (AvgIpc) is 2.18. The number of rotatable bonds is 2. The second-order valence-corrected chi connectivity index (χ2v) is 2.96. The summed E-state index contributed by atoms with van der Waals surface area (Å²) in [6.45, 7) is 3.64. The fraction of sp³-hybridized carbons (Fsp3) is 0.500. The van der Waals surface area contributed by atoms with Gasteiger partial charge in [-0.15, -0.1) is 6.58 Å². The number of ketones is 1. The highest BCUT2D eigenvalue weighted by Crippen LogP contribution is 2.18. The first kappa shape index (κ1) is 8.25. The van der Waals surface area contributed by atoms with Crippen LogP contribution in [0.4, 0.5) is 0 Å².